The molecule has 0 radical (unpaired) electrons. The molecule has 1 saturated carbocycles. The summed E-state index contributed by atoms with van der Waals surface area (Å²) in [6.07, 6.45) is 5.99. The van der Waals surface area contributed by atoms with Gasteiger partial charge in [-0.3, -0.25) is 9.59 Å². The Labute approximate surface area is 195 Å². The minimum absolute atomic E-state index is 0.107. The van der Waals surface area contributed by atoms with Crippen LogP contribution in [0.5, 0.6) is 0 Å². The van der Waals surface area contributed by atoms with Crippen LogP contribution in [0.4, 0.5) is 10.1 Å². The van der Waals surface area contributed by atoms with Gasteiger partial charge in [0.05, 0.1) is 0 Å². The van der Waals surface area contributed by atoms with E-state index in [-0.39, 0.29) is 23.0 Å². The Morgan fingerprint density at radius 2 is 1.61 bits per heavy atom. The zero-order valence-electron chi connectivity index (χ0n) is 19.1. The number of hydrogen-bond donors (Lipinski definition) is 0. The zero-order chi connectivity index (χ0) is 22.8. The lowest BCUT2D eigenvalue weighted by Gasteiger charge is -2.42. The lowest BCUT2D eigenvalue weighted by atomic mass is 9.71. The first-order valence-electron chi connectivity index (χ1n) is 12.2. The molecule has 1 aliphatic carbocycles. The van der Waals surface area contributed by atoms with E-state index >= 15 is 0 Å². The topological polar surface area (TPSA) is 43.9 Å². The lowest BCUT2D eigenvalue weighted by molar-refractivity contribution is -0.135. The maximum Gasteiger partial charge on any atom is 0.254 e. The second-order valence-electron chi connectivity index (χ2n) is 9.90. The summed E-state index contributed by atoms with van der Waals surface area (Å²) in [6.45, 7) is 4.19. The molecule has 5 nitrogen and oxygen atoms in total. The van der Waals surface area contributed by atoms with Gasteiger partial charge < -0.3 is 14.7 Å². The fraction of sp³-hybridized carbons (Fsp3) is 0.481. The molecule has 0 aromatic heterocycles. The summed E-state index contributed by atoms with van der Waals surface area (Å²) in [6, 6.07) is 14.4. The second-order valence-corrected chi connectivity index (χ2v) is 9.90. The lowest BCUT2D eigenvalue weighted by Crippen LogP contribution is -2.51. The summed E-state index contributed by atoms with van der Waals surface area (Å²) in [5.41, 5.74) is 2.78. The first kappa shape index (κ1) is 21.9. The maximum atomic E-state index is 13.4. The molecule has 0 unspecified atom stereocenters. The summed E-state index contributed by atoms with van der Waals surface area (Å²) in [5, 5.41) is 0. The number of carbonyl (C=O) groups excluding carboxylic acids is 2. The van der Waals surface area contributed by atoms with Crippen molar-refractivity contribution in [3.63, 3.8) is 0 Å². The van der Waals surface area contributed by atoms with Crippen LogP contribution in [0.2, 0.25) is 0 Å². The molecule has 3 aliphatic rings. The van der Waals surface area contributed by atoms with Gasteiger partial charge in [0.2, 0.25) is 5.91 Å². The molecule has 0 N–H and O–H groups in total. The molecule has 1 saturated heterocycles. The SMILES string of the molecule is O=C(CC1(CN2Cc3ccccc3C2=O)CCCCC1)N1CCN(c2ccc(F)cc2)CC1. The van der Waals surface area contributed by atoms with Gasteiger partial charge in [0.15, 0.2) is 0 Å². The first-order valence-corrected chi connectivity index (χ1v) is 12.2. The van der Waals surface area contributed by atoms with Gasteiger partial charge >= 0.3 is 0 Å². The largest absolute Gasteiger partial charge is 0.368 e. The smallest absolute Gasteiger partial charge is 0.254 e. The van der Waals surface area contributed by atoms with Crippen molar-refractivity contribution < 1.29 is 14.0 Å². The number of nitrogens with zero attached hydrogens (tertiary/aromatic N) is 3. The zero-order valence-corrected chi connectivity index (χ0v) is 19.1. The number of carbonyl (C=O) groups is 2. The molecule has 174 valence electrons. The van der Waals surface area contributed by atoms with Gasteiger partial charge in [-0.05, 0) is 54.2 Å². The summed E-state index contributed by atoms with van der Waals surface area (Å²) in [4.78, 5) is 32.5. The number of piperazine rings is 1. The Morgan fingerprint density at radius 1 is 0.909 bits per heavy atom. The van der Waals surface area contributed by atoms with Crippen molar-refractivity contribution in [2.24, 2.45) is 5.41 Å². The summed E-state index contributed by atoms with van der Waals surface area (Å²) in [5.74, 6) is 0.0839. The van der Waals surface area contributed by atoms with E-state index in [2.05, 4.69) is 4.90 Å². The average Bonchev–Trinajstić information content (AvgIpc) is 3.15. The van der Waals surface area contributed by atoms with E-state index in [0.29, 0.717) is 32.6 Å². The Morgan fingerprint density at radius 3 is 2.30 bits per heavy atom. The number of amides is 2. The molecule has 0 spiro atoms. The van der Waals surface area contributed by atoms with Crippen LogP contribution in [-0.4, -0.2) is 54.3 Å². The highest BCUT2D eigenvalue weighted by atomic mass is 19.1. The van der Waals surface area contributed by atoms with Crippen LogP contribution in [0.1, 0.15) is 54.4 Å². The Balaban J connectivity index is 1.23. The predicted molar refractivity (Wildman–Crippen MR) is 127 cm³/mol. The van der Waals surface area contributed by atoms with Crippen LogP contribution >= 0.6 is 0 Å². The minimum Gasteiger partial charge on any atom is -0.368 e. The van der Waals surface area contributed by atoms with Gasteiger partial charge in [0, 0.05) is 56.9 Å². The number of anilines is 1. The highest BCUT2D eigenvalue weighted by Gasteiger charge is 2.40. The fourth-order valence-corrected chi connectivity index (χ4v) is 5.84. The summed E-state index contributed by atoms with van der Waals surface area (Å²) >= 11 is 0. The summed E-state index contributed by atoms with van der Waals surface area (Å²) < 4.78 is 13.2. The van der Waals surface area contributed by atoms with Gasteiger partial charge in [0.1, 0.15) is 5.82 Å². The van der Waals surface area contributed by atoms with Crippen molar-refractivity contribution in [1.82, 2.24) is 9.80 Å². The van der Waals surface area contributed by atoms with E-state index in [1.807, 2.05) is 34.1 Å². The van der Waals surface area contributed by atoms with Crippen molar-refractivity contribution in [3.05, 3.63) is 65.5 Å². The van der Waals surface area contributed by atoms with E-state index in [9.17, 15) is 14.0 Å². The van der Waals surface area contributed by atoms with Crippen molar-refractivity contribution in [2.45, 2.75) is 45.1 Å². The average molecular weight is 450 g/mol. The predicted octanol–water partition coefficient (Wildman–Crippen LogP) is 4.47. The van der Waals surface area contributed by atoms with Crippen molar-refractivity contribution >= 4 is 17.5 Å². The molecule has 33 heavy (non-hydrogen) atoms. The molecule has 5 rings (SSSR count). The van der Waals surface area contributed by atoms with E-state index < -0.39 is 0 Å². The molecule has 2 fully saturated rings. The van der Waals surface area contributed by atoms with Gasteiger partial charge in [-0.2, -0.15) is 0 Å². The molecule has 2 aromatic rings. The van der Waals surface area contributed by atoms with Gasteiger partial charge in [0.25, 0.3) is 5.91 Å². The van der Waals surface area contributed by atoms with Gasteiger partial charge in [-0.15, -0.1) is 0 Å². The van der Waals surface area contributed by atoms with E-state index in [1.165, 1.54) is 18.6 Å². The van der Waals surface area contributed by atoms with Crippen molar-refractivity contribution in [1.29, 1.82) is 0 Å². The highest BCUT2D eigenvalue weighted by Crippen LogP contribution is 2.42. The number of benzene rings is 2. The van der Waals surface area contributed by atoms with Crippen LogP contribution in [0.25, 0.3) is 0 Å². The molecule has 2 heterocycles. The Kier molecular flexibility index (Phi) is 6.09. The van der Waals surface area contributed by atoms with Gasteiger partial charge in [-0.1, -0.05) is 37.5 Å². The molecule has 0 bridgehead atoms. The quantitative estimate of drug-likeness (QED) is 0.677. The standard InChI is InChI=1S/C27H32FN3O2/c28-22-8-10-23(11-9-22)29-14-16-30(17-15-29)25(32)18-27(12-4-1-5-13-27)20-31-19-21-6-2-3-7-24(21)26(31)33/h2-3,6-11H,1,4-5,12-20H2. The number of fused-ring (bicyclic) bond motifs is 1. The van der Waals surface area contributed by atoms with Crippen LogP contribution in [0.15, 0.2) is 48.5 Å². The molecular formula is C27H32FN3O2. The molecule has 6 heteroatoms. The highest BCUT2D eigenvalue weighted by molar-refractivity contribution is 5.98. The van der Waals surface area contributed by atoms with Gasteiger partial charge in [-0.25, -0.2) is 4.39 Å². The van der Waals surface area contributed by atoms with Crippen molar-refractivity contribution in [3.8, 4) is 0 Å². The Hall–Kier alpha value is -2.89. The van der Waals surface area contributed by atoms with Crippen molar-refractivity contribution in [2.75, 3.05) is 37.6 Å². The maximum absolute atomic E-state index is 13.4. The molecule has 2 aromatic carbocycles. The van der Waals surface area contributed by atoms with Crippen LogP contribution in [0, 0.1) is 11.2 Å². The fourth-order valence-electron chi connectivity index (χ4n) is 5.84. The molecule has 2 aliphatic heterocycles. The van der Waals surface area contributed by atoms with Crippen LogP contribution < -0.4 is 4.90 Å². The first-order chi connectivity index (χ1) is 16.0. The number of rotatable bonds is 5. The molecule has 2 amide bonds. The van der Waals surface area contributed by atoms with Crippen LogP contribution in [-0.2, 0) is 11.3 Å². The van der Waals surface area contributed by atoms with Crippen LogP contribution in [0.3, 0.4) is 0 Å². The third-order valence-corrected chi connectivity index (χ3v) is 7.69. The molecule has 0 atom stereocenters. The number of hydrogen-bond acceptors (Lipinski definition) is 3. The minimum atomic E-state index is -0.232. The Bertz CT molecular complexity index is 1010. The third kappa shape index (κ3) is 4.61. The normalized spacial score (nSPS) is 20.2. The second kappa shape index (κ2) is 9.16. The monoisotopic (exact) mass is 449 g/mol. The number of halogens is 1. The third-order valence-electron chi connectivity index (χ3n) is 7.69. The van der Waals surface area contributed by atoms with E-state index in [1.54, 1.807) is 12.1 Å². The van der Waals surface area contributed by atoms with E-state index in [0.717, 1.165) is 55.6 Å². The molecular weight excluding hydrogens is 417 g/mol. The van der Waals surface area contributed by atoms with E-state index in [4.69, 9.17) is 0 Å². The summed E-state index contributed by atoms with van der Waals surface area (Å²) in [7, 11) is 0.